The van der Waals surface area contributed by atoms with E-state index in [1.165, 1.54) is 13.2 Å². The second-order valence-electron chi connectivity index (χ2n) is 9.65. The van der Waals surface area contributed by atoms with Crippen molar-refractivity contribution in [2.75, 3.05) is 25.0 Å². The summed E-state index contributed by atoms with van der Waals surface area (Å²) in [5.74, 6) is 1.02. The van der Waals surface area contributed by atoms with Gasteiger partial charge in [-0.3, -0.25) is 9.71 Å². The van der Waals surface area contributed by atoms with Crippen LogP contribution in [-0.2, 0) is 14.8 Å². The molecule has 12 heteroatoms. The number of para-hydroxylation sites is 2. The first-order chi connectivity index (χ1) is 19.8. The number of pyridine rings is 2. The number of sulfonamides is 1. The molecule has 214 valence electrons. The Hall–Kier alpha value is -4.29. The van der Waals surface area contributed by atoms with Gasteiger partial charge in [0.05, 0.1) is 13.2 Å². The molecule has 5 rings (SSSR count). The van der Waals surface area contributed by atoms with Crippen LogP contribution in [0.25, 0.3) is 11.4 Å². The molecule has 1 aromatic carbocycles. The van der Waals surface area contributed by atoms with Gasteiger partial charge in [-0.25, -0.2) is 9.97 Å². The molecular weight excluding hydrogens is 546 g/mol. The van der Waals surface area contributed by atoms with E-state index in [-0.39, 0.29) is 46.9 Å². The Balaban J connectivity index is 1.61. The summed E-state index contributed by atoms with van der Waals surface area (Å²) in [4.78, 5) is 17.4. The van der Waals surface area contributed by atoms with Crippen LogP contribution in [-0.4, -0.2) is 54.8 Å². The van der Waals surface area contributed by atoms with Gasteiger partial charge in [0.25, 0.3) is 15.9 Å². The number of anilines is 1. The van der Waals surface area contributed by atoms with E-state index in [0.717, 1.165) is 18.4 Å². The predicted octanol–water partition coefficient (Wildman–Crippen LogP) is 5.22. The molecule has 1 fully saturated rings. The summed E-state index contributed by atoms with van der Waals surface area (Å²) in [6.45, 7) is 4.85. The smallest absolute Gasteiger partial charge is 0.280 e. The van der Waals surface area contributed by atoms with Gasteiger partial charge in [-0.15, -0.1) is 0 Å². The third-order valence-corrected chi connectivity index (χ3v) is 7.67. The highest BCUT2D eigenvalue weighted by Crippen LogP contribution is 2.41. The van der Waals surface area contributed by atoms with Crippen LogP contribution >= 0.6 is 0 Å². The van der Waals surface area contributed by atoms with Crippen LogP contribution in [0.4, 0.5) is 5.82 Å². The zero-order chi connectivity index (χ0) is 28.8. The third kappa shape index (κ3) is 6.72. The molecule has 1 unspecified atom stereocenters. The second-order valence-corrected chi connectivity index (χ2v) is 11.3. The molecule has 0 spiro atoms. The Morgan fingerprint density at radius 3 is 2.49 bits per heavy atom. The maximum Gasteiger partial charge on any atom is 0.280 e. The lowest BCUT2D eigenvalue weighted by atomic mass is 10.1. The van der Waals surface area contributed by atoms with E-state index < -0.39 is 10.0 Å². The number of hydrogen-bond donors (Lipinski definition) is 1. The zero-order valence-electron chi connectivity index (χ0n) is 23.0. The van der Waals surface area contributed by atoms with E-state index in [1.807, 2.05) is 13.8 Å². The maximum atomic E-state index is 13.6. The average molecular weight is 578 g/mol. The largest absolute Gasteiger partial charge is 0.493 e. The van der Waals surface area contributed by atoms with Crippen LogP contribution in [0.5, 0.6) is 23.1 Å². The van der Waals surface area contributed by atoms with Crippen LogP contribution < -0.4 is 18.9 Å². The fourth-order valence-electron chi connectivity index (χ4n) is 4.15. The molecule has 0 radical (unpaired) electrons. The molecule has 0 amide bonds. The monoisotopic (exact) mass is 577 g/mol. The predicted molar refractivity (Wildman–Crippen MR) is 152 cm³/mol. The van der Waals surface area contributed by atoms with E-state index in [1.54, 1.807) is 61.1 Å². The standard InChI is InChI=1S/C29H31N5O6S/c1-19(2)21-10-11-25(31-17-21)41(35,36)34-28-26(40-24-9-5-4-8-23(24)37-3)29(39-18-22-7-6-16-38-22)33-27(32-28)20-12-14-30-15-13-20/h4-5,8-15,17,19,22H,6-7,16,18H2,1-3H3,(H,32,33,34). The Labute approximate surface area is 239 Å². The average Bonchev–Trinajstić information content (AvgIpc) is 3.51. The van der Waals surface area contributed by atoms with Gasteiger partial charge < -0.3 is 18.9 Å². The van der Waals surface area contributed by atoms with Crippen LogP contribution in [0.15, 0.2) is 72.1 Å². The van der Waals surface area contributed by atoms with E-state index in [0.29, 0.717) is 23.7 Å². The molecule has 1 aliphatic rings. The van der Waals surface area contributed by atoms with Crippen molar-refractivity contribution in [1.82, 2.24) is 19.9 Å². The van der Waals surface area contributed by atoms with Crippen molar-refractivity contribution in [3.63, 3.8) is 0 Å². The topological polar surface area (TPSA) is 135 Å². The molecule has 41 heavy (non-hydrogen) atoms. The summed E-state index contributed by atoms with van der Waals surface area (Å²) in [7, 11) is -2.68. The molecule has 1 atom stereocenters. The van der Waals surface area contributed by atoms with E-state index in [4.69, 9.17) is 18.9 Å². The molecule has 11 nitrogen and oxygen atoms in total. The lowest BCUT2D eigenvalue weighted by Crippen LogP contribution is -2.19. The minimum atomic E-state index is -4.19. The summed E-state index contributed by atoms with van der Waals surface area (Å²) in [5, 5.41) is -0.170. The molecule has 0 aliphatic carbocycles. The first kappa shape index (κ1) is 28.2. The number of rotatable bonds is 11. The van der Waals surface area contributed by atoms with Crippen molar-refractivity contribution in [2.24, 2.45) is 0 Å². The summed E-state index contributed by atoms with van der Waals surface area (Å²) in [5.41, 5.74) is 1.52. The van der Waals surface area contributed by atoms with Crippen molar-refractivity contribution in [3.8, 4) is 34.5 Å². The van der Waals surface area contributed by atoms with Gasteiger partial charge >= 0.3 is 0 Å². The van der Waals surface area contributed by atoms with Gasteiger partial charge in [-0.2, -0.15) is 13.4 Å². The number of benzene rings is 1. The normalized spacial score (nSPS) is 15.1. The van der Waals surface area contributed by atoms with Gasteiger partial charge in [-0.1, -0.05) is 32.0 Å². The fourth-order valence-corrected chi connectivity index (χ4v) is 5.09. The first-order valence-electron chi connectivity index (χ1n) is 13.2. The minimum absolute atomic E-state index is 0.0346. The van der Waals surface area contributed by atoms with E-state index in [9.17, 15) is 8.42 Å². The summed E-state index contributed by atoms with van der Waals surface area (Å²) < 4.78 is 53.2. The van der Waals surface area contributed by atoms with Gasteiger partial charge in [0.15, 0.2) is 28.2 Å². The molecule has 1 N–H and O–H groups in total. The summed E-state index contributed by atoms with van der Waals surface area (Å²) in [6.07, 6.45) is 6.37. The molecule has 0 bridgehead atoms. The fraction of sp³-hybridized carbons (Fsp3) is 0.310. The van der Waals surface area contributed by atoms with Crippen molar-refractivity contribution >= 4 is 15.8 Å². The first-order valence-corrected chi connectivity index (χ1v) is 14.7. The lowest BCUT2D eigenvalue weighted by Gasteiger charge is -2.19. The molecule has 4 heterocycles. The molecule has 1 aliphatic heterocycles. The Morgan fingerprint density at radius 2 is 1.83 bits per heavy atom. The Morgan fingerprint density at radius 1 is 1.05 bits per heavy atom. The highest BCUT2D eigenvalue weighted by atomic mass is 32.2. The van der Waals surface area contributed by atoms with E-state index >= 15 is 0 Å². The number of methoxy groups -OCH3 is 1. The number of hydrogen-bond acceptors (Lipinski definition) is 10. The third-order valence-electron chi connectivity index (χ3n) is 6.42. The van der Waals surface area contributed by atoms with Crippen LogP contribution in [0.2, 0.25) is 0 Å². The molecular formula is C29H31N5O6S. The highest BCUT2D eigenvalue weighted by molar-refractivity contribution is 7.92. The van der Waals surface area contributed by atoms with Crippen molar-refractivity contribution in [3.05, 3.63) is 72.7 Å². The van der Waals surface area contributed by atoms with Gasteiger partial charge in [0.2, 0.25) is 5.75 Å². The Bertz CT molecular complexity index is 1580. The second kappa shape index (κ2) is 12.5. The molecule has 0 saturated carbocycles. The number of ether oxygens (including phenoxy) is 4. The maximum absolute atomic E-state index is 13.6. The number of aromatic nitrogens is 4. The van der Waals surface area contributed by atoms with Crippen molar-refractivity contribution in [2.45, 2.75) is 43.7 Å². The quantitative estimate of drug-likeness (QED) is 0.253. The summed E-state index contributed by atoms with van der Waals surface area (Å²) in [6, 6.07) is 13.6. The molecule has 1 saturated heterocycles. The lowest BCUT2D eigenvalue weighted by molar-refractivity contribution is 0.0654. The van der Waals surface area contributed by atoms with Crippen LogP contribution in [0.3, 0.4) is 0 Å². The number of nitrogens with one attached hydrogen (secondary N) is 1. The molecule has 4 aromatic rings. The van der Waals surface area contributed by atoms with E-state index in [2.05, 4.69) is 24.7 Å². The van der Waals surface area contributed by atoms with Gasteiger partial charge in [0, 0.05) is 30.8 Å². The zero-order valence-corrected chi connectivity index (χ0v) is 23.8. The van der Waals surface area contributed by atoms with Gasteiger partial charge in [-0.05, 0) is 54.7 Å². The highest BCUT2D eigenvalue weighted by Gasteiger charge is 2.27. The Kier molecular flexibility index (Phi) is 8.60. The minimum Gasteiger partial charge on any atom is -0.493 e. The molecule has 3 aromatic heterocycles. The van der Waals surface area contributed by atoms with Crippen LogP contribution in [0.1, 0.15) is 38.2 Å². The number of nitrogens with zero attached hydrogens (tertiary/aromatic N) is 4. The van der Waals surface area contributed by atoms with Crippen LogP contribution in [0, 0.1) is 0 Å². The summed E-state index contributed by atoms with van der Waals surface area (Å²) >= 11 is 0. The van der Waals surface area contributed by atoms with Crippen molar-refractivity contribution in [1.29, 1.82) is 0 Å². The van der Waals surface area contributed by atoms with Crippen molar-refractivity contribution < 1.29 is 27.4 Å². The SMILES string of the molecule is COc1ccccc1Oc1c(NS(=O)(=O)c2ccc(C(C)C)cn2)nc(-c2ccncc2)nc1OCC1CCCO1. The van der Waals surface area contributed by atoms with Gasteiger partial charge in [0.1, 0.15) is 6.61 Å².